The molecule has 0 aliphatic heterocycles. The number of carboxylic acids is 1. The predicted molar refractivity (Wildman–Crippen MR) is 64.8 cm³/mol. The summed E-state index contributed by atoms with van der Waals surface area (Å²) in [4.78, 5) is 25.3. The fourth-order valence-corrected chi connectivity index (χ4v) is 2.30. The van der Waals surface area contributed by atoms with E-state index in [1.165, 1.54) is 23.3 Å². The second-order valence-electron chi connectivity index (χ2n) is 3.62. The van der Waals surface area contributed by atoms with E-state index in [9.17, 15) is 9.59 Å². The molecule has 0 radical (unpaired) electrons. The summed E-state index contributed by atoms with van der Waals surface area (Å²) in [5, 5.41) is 8.56. The van der Waals surface area contributed by atoms with Crippen LogP contribution in [0.25, 0.3) is 0 Å². The first-order valence-corrected chi connectivity index (χ1v) is 5.89. The zero-order valence-corrected chi connectivity index (χ0v) is 10.8. The maximum atomic E-state index is 12.0. The molecular formula is C11H15NO4S. The number of hydrogen-bond donors (Lipinski definition) is 1. The summed E-state index contributed by atoms with van der Waals surface area (Å²) in [5.41, 5.74) is 0. The molecule has 0 bridgehead atoms. The summed E-state index contributed by atoms with van der Waals surface area (Å²) in [6.07, 6.45) is -0.0606. The Morgan fingerprint density at radius 3 is 2.71 bits per heavy atom. The third-order valence-corrected chi connectivity index (χ3v) is 3.26. The highest BCUT2D eigenvalue weighted by atomic mass is 32.1. The molecule has 0 atom stereocenters. The van der Waals surface area contributed by atoms with Crippen molar-refractivity contribution >= 4 is 23.2 Å². The number of hydrogen-bond acceptors (Lipinski definition) is 4. The van der Waals surface area contributed by atoms with Gasteiger partial charge in [-0.3, -0.25) is 9.59 Å². The molecule has 6 heteroatoms. The number of rotatable bonds is 5. The third kappa shape index (κ3) is 3.45. The van der Waals surface area contributed by atoms with Crippen LogP contribution in [0, 0.1) is 6.92 Å². The minimum atomic E-state index is -0.918. The standard InChI is InChI=1S/C11H15NO4S/c1-7-6-8(16-3)10(17-7)11(15)12(2)5-4-9(13)14/h6H,4-5H2,1-3H3,(H,13,14). The molecule has 0 saturated carbocycles. The molecular weight excluding hydrogens is 242 g/mol. The van der Waals surface area contributed by atoms with Crippen molar-refractivity contribution in [1.29, 1.82) is 0 Å². The number of methoxy groups -OCH3 is 1. The summed E-state index contributed by atoms with van der Waals surface area (Å²) in [7, 11) is 3.09. The van der Waals surface area contributed by atoms with Crippen molar-refractivity contribution in [2.24, 2.45) is 0 Å². The van der Waals surface area contributed by atoms with E-state index in [1.54, 1.807) is 13.1 Å². The van der Waals surface area contributed by atoms with Gasteiger partial charge in [0, 0.05) is 18.5 Å². The SMILES string of the molecule is COc1cc(C)sc1C(=O)N(C)CCC(=O)O. The molecule has 1 N–H and O–H groups in total. The number of thiophene rings is 1. The fraction of sp³-hybridized carbons (Fsp3) is 0.455. The number of carbonyl (C=O) groups excluding carboxylic acids is 1. The Morgan fingerprint density at radius 1 is 1.53 bits per heavy atom. The molecule has 0 saturated heterocycles. The van der Waals surface area contributed by atoms with Gasteiger partial charge in [-0.1, -0.05) is 0 Å². The smallest absolute Gasteiger partial charge is 0.305 e. The Kier molecular flexibility index (Phi) is 4.51. The lowest BCUT2D eigenvalue weighted by Crippen LogP contribution is -2.28. The molecule has 0 aromatic carbocycles. The van der Waals surface area contributed by atoms with Gasteiger partial charge < -0.3 is 14.7 Å². The molecule has 0 spiro atoms. The highest BCUT2D eigenvalue weighted by molar-refractivity contribution is 7.14. The van der Waals surface area contributed by atoms with Gasteiger partial charge in [0.2, 0.25) is 0 Å². The highest BCUT2D eigenvalue weighted by Gasteiger charge is 2.19. The number of ether oxygens (including phenoxy) is 1. The van der Waals surface area contributed by atoms with Crippen LogP contribution >= 0.6 is 11.3 Å². The number of carboxylic acid groups (broad SMARTS) is 1. The van der Waals surface area contributed by atoms with Crippen molar-refractivity contribution in [2.45, 2.75) is 13.3 Å². The lowest BCUT2D eigenvalue weighted by molar-refractivity contribution is -0.137. The van der Waals surface area contributed by atoms with Gasteiger partial charge in [0.15, 0.2) is 0 Å². The molecule has 5 nitrogen and oxygen atoms in total. The molecule has 0 aliphatic carbocycles. The lowest BCUT2D eigenvalue weighted by atomic mass is 10.3. The van der Waals surface area contributed by atoms with Crippen LogP contribution in [0.3, 0.4) is 0 Å². The highest BCUT2D eigenvalue weighted by Crippen LogP contribution is 2.29. The van der Waals surface area contributed by atoms with Crippen molar-refractivity contribution in [2.75, 3.05) is 20.7 Å². The summed E-state index contributed by atoms with van der Waals surface area (Å²) in [5.74, 6) is -0.583. The molecule has 94 valence electrons. The maximum absolute atomic E-state index is 12.0. The summed E-state index contributed by atoms with van der Waals surface area (Å²) < 4.78 is 5.11. The van der Waals surface area contributed by atoms with E-state index < -0.39 is 5.97 Å². The van der Waals surface area contributed by atoms with Gasteiger partial charge >= 0.3 is 5.97 Å². The van der Waals surface area contributed by atoms with Crippen LogP contribution in [-0.2, 0) is 4.79 Å². The van der Waals surface area contributed by atoms with Gasteiger partial charge in [-0.25, -0.2) is 0 Å². The fourth-order valence-electron chi connectivity index (χ4n) is 1.33. The van der Waals surface area contributed by atoms with Crippen LogP contribution in [0.2, 0.25) is 0 Å². The second kappa shape index (κ2) is 5.67. The Balaban J connectivity index is 2.77. The van der Waals surface area contributed by atoms with E-state index in [1.807, 2.05) is 6.92 Å². The molecule has 17 heavy (non-hydrogen) atoms. The summed E-state index contributed by atoms with van der Waals surface area (Å²) >= 11 is 1.35. The Hall–Kier alpha value is -1.56. The van der Waals surface area contributed by atoms with Crippen LogP contribution < -0.4 is 4.74 Å². The Bertz CT molecular complexity index is 427. The zero-order valence-electron chi connectivity index (χ0n) is 10.0. The average molecular weight is 257 g/mol. The van der Waals surface area contributed by atoms with Crippen molar-refractivity contribution in [1.82, 2.24) is 4.90 Å². The van der Waals surface area contributed by atoms with Gasteiger partial charge in [0.25, 0.3) is 5.91 Å². The molecule has 1 aromatic rings. The molecule has 1 aromatic heterocycles. The minimum absolute atomic E-state index is 0.0606. The lowest BCUT2D eigenvalue weighted by Gasteiger charge is -2.15. The van der Waals surface area contributed by atoms with Crippen molar-refractivity contribution < 1.29 is 19.4 Å². The number of nitrogens with zero attached hydrogens (tertiary/aromatic N) is 1. The van der Waals surface area contributed by atoms with Crippen LogP contribution in [0.4, 0.5) is 0 Å². The van der Waals surface area contributed by atoms with Gasteiger partial charge in [-0.2, -0.15) is 0 Å². The van der Waals surface area contributed by atoms with Crippen molar-refractivity contribution in [3.63, 3.8) is 0 Å². The molecule has 0 unspecified atom stereocenters. The van der Waals surface area contributed by atoms with Crippen molar-refractivity contribution in [3.05, 3.63) is 15.8 Å². The van der Waals surface area contributed by atoms with Crippen LogP contribution in [-0.4, -0.2) is 42.6 Å². The second-order valence-corrected chi connectivity index (χ2v) is 4.88. The van der Waals surface area contributed by atoms with Gasteiger partial charge in [-0.05, 0) is 13.0 Å². The number of aliphatic carboxylic acids is 1. The predicted octanol–water partition coefficient (Wildman–Crippen LogP) is 1.61. The largest absolute Gasteiger partial charge is 0.495 e. The van der Waals surface area contributed by atoms with Gasteiger partial charge in [0.1, 0.15) is 10.6 Å². The molecule has 1 rings (SSSR count). The number of carbonyl (C=O) groups is 2. The summed E-state index contributed by atoms with van der Waals surface area (Å²) in [6, 6.07) is 1.79. The zero-order chi connectivity index (χ0) is 13.0. The first-order chi connectivity index (χ1) is 7.95. The first kappa shape index (κ1) is 13.5. The Morgan fingerprint density at radius 2 is 2.18 bits per heavy atom. The third-order valence-electron chi connectivity index (χ3n) is 2.24. The molecule has 1 heterocycles. The minimum Gasteiger partial charge on any atom is -0.495 e. The van der Waals surface area contributed by atoms with E-state index in [0.717, 1.165) is 4.88 Å². The molecule has 0 fully saturated rings. The Labute approximate surface area is 104 Å². The van der Waals surface area contributed by atoms with Gasteiger partial charge in [0.05, 0.1) is 13.5 Å². The van der Waals surface area contributed by atoms with Gasteiger partial charge in [-0.15, -0.1) is 11.3 Å². The van der Waals surface area contributed by atoms with E-state index in [0.29, 0.717) is 10.6 Å². The average Bonchev–Trinajstić information content (AvgIpc) is 2.66. The van der Waals surface area contributed by atoms with Crippen molar-refractivity contribution in [3.8, 4) is 5.75 Å². The topological polar surface area (TPSA) is 66.8 Å². The number of amides is 1. The van der Waals surface area contributed by atoms with E-state index in [4.69, 9.17) is 9.84 Å². The van der Waals surface area contributed by atoms with E-state index in [-0.39, 0.29) is 18.9 Å². The van der Waals surface area contributed by atoms with Crippen LogP contribution in [0.1, 0.15) is 21.0 Å². The van der Waals surface area contributed by atoms with Crippen LogP contribution in [0.15, 0.2) is 6.07 Å². The summed E-state index contributed by atoms with van der Waals surface area (Å²) in [6.45, 7) is 2.08. The number of aryl methyl sites for hydroxylation is 1. The van der Waals surface area contributed by atoms with E-state index >= 15 is 0 Å². The molecule has 0 aliphatic rings. The van der Waals surface area contributed by atoms with E-state index in [2.05, 4.69) is 0 Å². The normalized spacial score (nSPS) is 10.1. The maximum Gasteiger partial charge on any atom is 0.305 e. The quantitative estimate of drug-likeness (QED) is 0.870. The molecule has 1 amide bonds. The first-order valence-electron chi connectivity index (χ1n) is 5.07. The van der Waals surface area contributed by atoms with Crippen LogP contribution in [0.5, 0.6) is 5.75 Å². The monoisotopic (exact) mass is 257 g/mol.